The monoisotopic (exact) mass is 435 g/mol. The van der Waals surface area contributed by atoms with E-state index in [4.69, 9.17) is 4.74 Å². The Morgan fingerprint density at radius 2 is 1.65 bits per heavy atom. The van der Waals surface area contributed by atoms with Crippen LogP contribution in [0.15, 0.2) is 15.9 Å². The summed E-state index contributed by atoms with van der Waals surface area (Å²) < 4.78 is 10.1. The molecule has 1 aliphatic heterocycles. The number of hydrogen-bond donors (Lipinski definition) is 1. The molecule has 2 aromatic heterocycles. The van der Waals surface area contributed by atoms with E-state index in [1.807, 2.05) is 6.92 Å². The van der Waals surface area contributed by atoms with Gasteiger partial charge in [-0.15, -0.1) is 0 Å². The highest BCUT2D eigenvalue weighted by atomic mass is 16.5. The number of hydrogen-bond acceptors (Lipinski definition) is 6. The molecule has 1 N–H and O–H groups in total. The Morgan fingerprint density at radius 3 is 2.29 bits per heavy atom. The maximum Gasteiger partial charge on any atom is 0.333 e. The van der Waals surface area contributed by atoms with Crippen molar-refractivity contribution in [1.82, 2.24) is 23.6 Å². The third kappa shape index (κ3) is 5.64. The lowest BCUT2D eigenvalue weighted by Crippen LogP contribution is -2.50. The summed E-state index contributed by atoms with van der Waals surface area (Å²) in [6, 6.07) is 0. The van der Waals surface area contributed by atoms with Gasteiger partial charge in [0.2, 0.25) is 0 Å². The van der Waals surface area contributed by atoms with Crippen molar-refractivity contribution in [3.63, 3.8) is 0 Å². The number of rotatable bonds is 11. The van der Waals surface area contributed by atoms with E-state index >= 15 is 0 Å². The summed E-state index contributed by atoms with van der Waals surface area (Å²) in [5.74, 6) is 0. The summed E-state index contributed by atoms with van der Waals surface area (Å²) in [6.45, 7) is 4.48. The first-order valence-corrected chi connectivity index (χ1v) is 11.5. The highest BCUT2D eigenvalue weighted by Crippen LogP contribution is 2.21. The molecule has 0 aliphatic carbocycles. The number of aryl methyl sites for hydroxylation is 2. The van der Waals surface area contributed by atoms with E-state index in [1.54, 1.807) is 25.0 Å². The van der Waals surface area contributed by atoms with E-state index in [9.17, 15) is 14.7 Å². The predicted octanol–water partition coefficient (Wildman–Crippen LogP) is 1.77. The summed E-state index contributed by atoms with van der Waals surface area (Å²) in [4.78, 5) is 32.9. The van der Waals surface area contributed by atoms with Crippen molar-refractivity contribution in [2.75, 3.05) is 26.3 Å². The SMILES string of the molecule is CC(O)CCCCCCCCC(N1CCOCC1)n1c(=O)c2c(ncn2C)n(C)c1=O. The first-order valence-electron chi connectivity index (χ1n) is 11.5. The molecule has 31 heavy (non-hydrogen) atoms. The maximum atomic E-state index is 13.3. The first-order chi connectivity index (χ1) is 14.9. The Kier molecular flexibility index (Phi) is 8.45. The number of nitrogens with zero attached hydrogens (tertiary/aromatic N) is 5. The molecule has 1 fully saturated rings. The van der Waals surface area contributed by atoms with Gasteiger partial charge >= 0.3 is 5.69 Å². The average Bonchev–Trinajstić information content (AvgIpc) is 3.15. The van der Waals surface area contributed by atoms with Gasteiger partial charge in [0.1, 0.15) is 0 Å². The van der Waals surface area contributed by atoms with Gasteiger partial charge in [-0.1, -0.05) is 38.5 Å². The van der Waals surface area contributed by atoms with Crippen molar-refractivity contribution in [3.05, 3.63) is 27.2 Å². The number of unbranched alkanes of at least 4 members (excludes halogenated alkanes) is 5. The van der Waals surface area contributed by atoms with Gasteiger partial charge < -0.3 is 14.4 Å². The Morgan fingerprint density at radius 1 is 1.03 bits per heavy atom. The lowest BCUT2D eigenvalue weighted by atomic mass is 10.1. The van der Waals surface area contributed by atoms with Gasteiger partial charge in [0.25, 0.3) is 5.56 Å². The van der Waals surface area contributed by atoms with Crippen LogP contribution in [0.3, 0.4) is 0 Å². The summed E-state index contributed by atoms with van der Waals surface area (Å²) in [5, 5.41) is 9.35. The third-order valence-corrected chi connectivity index (χ3v) is 6.25. The van der Waals surface area contributed by atoms with Gasteiger partial charge in [-0.05, 0) is 19.8 Å². The first kappa shape index (κ1) is 23.7. The van der Waals surface area contributed by atoms with Gasteiger partial charge in [-0.2, -0.15) is 0 Å². The Balaban J connectivity index is 1.74. The normalized spacial score (nSPS) is 17.3. The lowest BCUT2D eigenvalue weighted by Gasteiger charge is -2.35. The molecular weight excluding hydrogens is 398 g/mol. The molecule has 1 saturated heterocycles. The zero-order chi connectivity index (χ0) is 22.4. The van der Waals surface area contributed by atoms with Crippen molar-refractivity contribution >= 4 is 11.2 Å². The summed E-state index contributed by atoms with van der Waals surface area (Å²) in [5.41, 5.74) is 0.295. The Bertz CT molecular complexity index is 955. The number of aliphatic hydroxyl groups excluding tert-OH is 1. The molecule has 9 nitrogen and oxygen atoms in total. The number of aromatic nitrogens is 4. The molecule has 0 aromatic carbocycles. The fraction of sp³-hybridized carbons (Fsp3) is 0.773. The van der Waals surface area contributed by atoms with E-state index in [1.165, 1.54) is 9.13 Å². The molecule has 2 unspecified atom stereocenters. The third-order valence-electron chi connectivity index (χ3n) is 6.25. The molecule has 2 atom stereocenters. The fourth-order valence-corrected chi connectivity index (χ4v) is 4.45. The number of aliphatic hydroxyl groups is 1. The molecule has 0 amide bonds. The van der Waals surface area contributed by atoms with Crippen LogP contribution in [-0.2, 0) is 18.8 Å². The zero-order valence-corrected chi connectivity index (χ0v) is 19.1. The molecule has 0 bridgehead atoms. The van der Waals surface area contributed by atoms with Crippen LogP contribution in [0, 0.1) is 0 Å². The topological polar surface area (TPSA) is 94.5 Å². The molecule has 3 heterocycles. The summed E-state index contributed by atoms with van der Waals surface area (Å²) in [6.07, 6.45) is 9.21. The van der Waals surface area contributed by atoms with Gasteiger partial charge in [-0.25, -0.2) is 14.3 Å². The number of morpholine rings is 1. The highest BCUT2D eigenvalue weighted by Gasteiger charge is 2.27. The van der Waals surface area contributed by atoms with Crippen LogP contribution in [0.1, 0.15) is 64.5 Å². The second kappa shape index (κ2) is 11.1. The van der Waals surface area contributed by atoms with Crippen LogP contribution in [0.4, 0.5) is 0 Å². The van der Waals surface area contributed by atoms with E-state index in [2.05, 4.69) is 9.88 Å². The number of imidazole rings is 1. The standard InChI is InChI=1S/C22H37N5O4/c1-17(28)10-8-6-4-5-7-9-11-18(26-12-14-31-15-13-26)27-21(29)19-20(23-16-24(19)2)25(3)22(27)30/h16-18,28H,4-15H2,1-3H3. The molecule has 1 aliphatic rings. The van der Waals surface area contributed by atoms with Crippen molar-refractivity contribution in [2.24, 2.45) is 14.1 Å². The summed E-state index contributed by atoms with van der Waals surface area (Å²) >= 11 is 0. The van der Waals surface area contributed by atoms with Gasteiger partial charge in [0, 0.05) is 27.2 Å². The van der Waals surface area contributed by atoms with Gasteiger partial charge in [0.05, 0.1) is 31.8 Å². The minimum absolute atomic E-state index is 0.216. The van der Waals surface area contributed by atoms with Crippen molar-refractivity contribution in [2.45, 2.75) is 70.6 Å². The van der Waals surface area contributed by atoms with Crippen LogP contribution in [-0.4, -0.2) is 61.1 Å². The molecule has 0 saturated carbocycles. The average molecular weight is 436 g/mol. The zero-order valence-electron chi connectivity index (χ0n) is 19.1. The highest BCUT2D eigenvalue weighted by molar-refractivity contribution is 5.69. The van der Waals surface area contributed by atoms with Crippen LogP contribution in [0.5, 0.6) is 0 Å². The Hall–Kier alpha value is -1.97. The lowest BCUT2D eigenvalue weighted by molar-refractivity contribution is -0.00720. The number of fused-ring (bicyclic) bond motifs is 1. The quantitative estimate of drug-likeness (QED) is 0.541. The van der Waals surface area contributed by atoms with E-state index in [0.29, 0.717) is 37.5 Å². The molecule has 2 aromatic rings. The Labute approximate surface area is 183 Å². The molecule has 174 valence electrons. The van der Waals surface area contributed by atoms with E-state index in [-0.39, 0.29) is 23.5 Å². The van der Waals surface area contributed by atoms with Crippen molar-refractivity contribution in [1.29, 1.82) is 0 Å². The van der Waals surface area contributed by atoms with Crippen molar-refractivity contribution < 1.29 is 9.84 Å². The van der Waals surface area contributed by atoms with E-state index < -0.39 is 0 Å². The van der Waals surface area contributed by atoms with Gasteiger partial charge in [0.15, 0.2) is 11.2 Å². The molecular formula is C22H37N5O4. The maximum absolute atomic E-state index is 13.3. The van der Waals surface area contributed by atoms with Gasteiger partial charge in [-0.3, -0.25) is 14.3 Å². The number of ether oxygens (including phenoxy) is 1. The fourth-order valence-electron chi connectivity index (χ4n) is 4.45. The van der Waals surface area contributed by atoms with Crippen LogP contribution < -0.4 is 11.2 Å². The predicted molar refractivity (Wildman–Crippen MR) is 120 cm³/mol. The molecule has 9 heteroatoms. The minimum atomic E-state index is -0.314. The van der Waals surface area contributed by atoms with Crippen LogP contribution in [0.2, 0.25) is 0 Å². The second-order valence-corrected chi connectivity index (χ2v) is 8.72. The van der Waals surface area contributed by atoms with Crippen LogP contribution in [0.25, 0.3) is 11.2 Å². The smallest absolute Gasteiger partial charge is 0.333 e. The summed E-state index contributed by atoms with van der Waals surface area (Å²) in [7, 11) is 3.46. The molecule has 0 spiro atoms. The largest absolute Gasteiger partial charge is 0.393 e. The van der Waals surface area contributed by atoms with E-state index in [0.717, 1.165) is 51.4 Å². The minimum Gasteiger partial charge on any atom is -0.393 e. The second-order valence-electron chi connectivity index (χ2n) is 8.72. The van der Waals surface area contributed by atoms with Crippen molar-refractivity contribution in [3.8, 4) is 0 Å². The van der Waals surface area contributed by atoms with Crippen LogP contribution >= 0.6 is 0 Å². The molecule has 3 rings (SSSR count). The molecule has 0 radical (unpaired) electrons.